The van der Waals surface area contributed by atoms with Crippen LogP contribution in [0.15, 0.2) is 0 Å². The maximum atomic E-state index is 11.2. The van der Waals surface area contributed by atoms with Crippen molar-refractivity contribution in [1.82, 2.24) is 0 Å². The van der Waals surface area contributed by atoms with E-state index < -0.39 is 0 Å². The molecule has 0 aromatic heterocycles. The molecule has 58 valence electrons. The molecular formula is C9H16O. The van der Waals surface area contributed by atoms with Gasteiger partial charge in [-0.05, 0) is 25.2 Å². The normalized spacial score (nSPS) is 22.4. The lowest BCUT2D eigenvalue weighted by atomic mass is 9.75. The van der Waals surface area contributed by atoms with Gasteiger partial charge in [0.05, 0.1) is 0 Å². The summed E-state index contributed by atoms with van der Waals surface area (Å²) in [5.41, 5.74) is 0.228. The molecule has 0 N–H and O–H groups in total. The van der Waals surface area contributed by atoms with Crippen molar-refractivity contribution in [2.24, 2.45) is 10.8 Å². The monoisotopic (exact) mass is 140 g/mol. The zero-order valence-corrected chi connectivity index (χ0v) is 7.32. The summed E-state index contributed by atoms with van der Waals surface area (Å²) in [5.74, 6) is 0.375. The van der Waals surface area contributed by atoms with Crippen LogP contribution >= 0.6 is 0 Å². The average molecular weight is 140 g/mol. The highest BCUT2D eigenvalue weighted by atomic mass is 16.1. The Bertz CT molecular complexity index is 158. The first-order chi connectivity index (χ1) is 4.40. The molecule has 0 amide bonds. The standard InChI is InChI=1S/C9H16O/c1-7(10)9(5-6-9)8(2,3)4/h5-6H2,1-4H3. The summed E-state index contributed by atoms with van der Waals surface area (Å²) in [6.45, 7) is 8.18. The molecule has 1 nitrogen and oxygen atoms in total. The minimum atomic E-state index is 0.0486. The number of carbonyl (C=O) groups is 1. The lowest BCUT2D eigenvalue weighted by molar-refractivity contribution is -0.125. The Morgan fingerprint density at radius 1 is 1.30 bits per heavy atom. The highest BCUT2D eigenvalue weighted by molar-refractivity contribution is 5.85. The fourth-order valence-electron chi connectivity index (χ4n) is 1.76. The van der Waals surface area contributed by atoms with Crippen molar-refractivity contribution in [2.45, 2.75) is 40.5 Å². The molecule has 1 rings (SSSR count). The van der Waals surface area contributed by atoms with Gasteiger partial charge in [0.25, 0.3) is 0 Å². The number of hydrogen-bond acceptors (Lipinski definition) is 1. The number of carbonyl (C=O) groups excluding carboxylic acids is 1. The van der Waals surface area contributed by atoms with Gasteiger partial charge in [-0.15, -0.1) is 0 Å². The molecule has 0 atom stereocenters. The van der Waals surface area contributed by atoms with E-state index in [2.05, 4.69) is 20.8 Å². The molecule has 0 aromatic carbocycles. The van der Waals surface area contributed by atoms with Gasteiger partial charge in [0, 0.05) is 5.41 Å². The lowest BCUT2D eigenvalue weighted by Gasteiger charge is -2.28. The predicted molar refractivity (Wildman–Crippen MR) is 41.8 cm³/mol. The van der Waals surface area contributed by atoms with Gasteiger partial charge in [0.15, 0.2) is 0 Å². The molecule has 10 heavy (non-hydrogen) atoms. The van der Waals surface area contributed by atoms with Gasteiger partial charge in [-0.2, -0.15) is 0 Å². The first-order valence-electron chi connectivity index (χ1n) is 3.91. The molecule has 0 bridgehead atoms. The molecule has 0 aromatic rings. The van der Waals surface area contributed by atoms with Crippen LogP contribution in [0.1, 0.15) is 40.5 Å². The number of hydrogen-bond donors (Lipinski definition) is 0. The van der Waals surface area contributed by atoms with Crippen molar-refractivity contribution in [3.05, 3.63) is 0 Å². The van der Waals surface area contributed by atoms with Crippen LogP contribution in [0.4, 0.5) is 0 Å². The van der Waals surface area contributed by atoms with E-state index in [-0.39, 0.29) is 10.8 Å². The second-order valence-electron chi connectivity index (χ2n) is 4.39. The van der Waals surface area contributed by atoms with Gasteiger partial charge in [-0.25, -0.2) is 0 Å². The Hall–Kier alpha value is -0.330. The zero-order valence-electron chi connectivity index (χ0n) is 7.32. The molecule has 1 heteroatoms. The average Bonchev–Trinajstić information content (AvgIpc) is 2.36. The van der Waals surface area contributed by atoms with Gasteiger partial charge >= 0.3 is 0 Å². The molecule has 1 fully saturated rings. The Kier molecular flexibility index (Phi) is 1.43. The fraction of sp³-hybridized carbons (Fsp3) is 0.889. The van der Waals surface area contributed by atoms with E-state index in [0.29, 0.717) is 5.78 Å². The minimum absolute atomic E-state index is 0.0486. The quantitative estimate of drug-likeness (QED) is 0.546. The largest absolute Gasteiger partial charge is 0.299 e. The molecule has 0 aliphatic heterocycles. The van der Waals surface area contributed by atoms with Crippen LogP contribution in [0, 0.1) is 10.8 Å². The third kappa shape index (κ3) is 0.882. The molecule has 0 unspecified atom stereocenters. The van der Waals surface area contributed by atoms with Crippen molar-refractivity contribution in [1.29, 1.82) is 0 Å². The second kappa shape index (κ2) is 1.84. The lowest BCUT2D eigenvalue weighted by Crippen LogP contribution is -2.28. The molecule has 0 spiro atoms. The fourth-order valence-corrected chi connectivity index (χ4v) is 1.76. The number of ketones is 1. The molecule has 0 radical (unpaired) electrons. The van der Waals surface area contributed by atoms with Crippen LogP contribution < -0.4 is 0 Å². The van der Waals surface area contributed by atoms with Crippen LogP contribution in [0.3, 0.4) is 0 Å². The predicted octanol–water partition coefficient (Wildman–Crippen LogP) is 2.40. The van der Waals surface area contributed by atoms with Gasteiger partial charge < -0.3 is 0 Å². The highest BCUT2D eigenvalue weighted by Gasteiger charge is 2.55. The van der Waals surface area contributed by atoms with Crippen molar-refractivity contribution in [3.8, 4) is 0 Å². The summed E-state index contributed by atoms with van der Waals surface area (Å²) in [7, 11) is 0. The highest BCUT2D eigenvalue weighted by Crippen LogP contribution is 2.58. The van der Waals surface area contributed by atoms with Crippen LogP contribution in [0.2, 0.25) is 0 Å². The summed E-state index contributed by atoms with van der Waals surface area (Å²) in [4.78, 5) is 11.2. The van der Waals surface area contributed by atoms with Crippen molar-refractivity contribution < 1.29 is 4.79 Å². The summed E-state index contributed by atoms with van der Waals surface area (Å²) >= 11 is 0. The van der Waals surface area contributed by atoms with Crippen LogP contribution in [0.25, 0.3) is 0 Å². The second-order valence-corrected chi connectivity index (χ2v) is 4.39. The Morgan fingerprint density at radius 3 is 1.70 bits per heavy atom. The van der Waals surface area contributed by atoms with Gasteiger partial charge in [-0.1, -0.05) is 20.8 Å². The smallest absolute Gasteiger partial charge is 0.136 e. The van der Waals surface area contributed by atoms with Gasteiger partial charge in [-0.3, -0.25) is 4.79 Å². The van der Waals surface area contributed by atoms with Gasteiger partial charge in [0.2, 0.25) is 0 Å². The van der Waals surface area contributed by atoms with E-state index in [9.17, 15) is 4.79 Å². The van der Waals surface area contributed by atoms with E-state index in [4.69, 9.17) is 0 Å². The van der Waals surface area contributed by atoms with Gasteiger partial charge in [0.1, 0.15) is 5.78 Å². The number of rotatable bonds is 1. The summed E-state index contributed by atoms with van der Waals surface area (Å²) in [6.07, 6.45) is 2.21. The Labute approximate surface area is 62.8 Å². The molecule has 0 saturated heterocycles. The molecule has 1 aliphatic rings. The maximum Gasteiger partial charge on any atom is 0.136 e. The van der Waals surface area contributed by atoms with E-state index in [1.54, 1.807) is 6.92 Å². The molecular weight excluding hydrogens is 124 g/mol. The first-order valence-corrected chi connectivity index (χ1v) is 3.91. The van der Waals surface area contributed by atoms with E-state index in [1.165, 1.54) is 0 Å². The van der Waals surface area contributed by atoms with E-state index in [0.717, 1.165) is 12.8 Å². The third-order valence-corrected chi connectivity index (χ3v) is 2.86. The van der Waals surface area contributed by atoms with Crippen LogP contribution in [-0.4, -0.2) is 5.78 Å². The summed E-state index contributed by atoms with van der Waals surface area (Å²) in [5, 5.41) is 0. The summed E-state index contributed by atoms with van der Waals surface area (Å²) < 4.78 is 0. The minimum Gasteiger partial charge on any atom is -0.299 e. The first kappa shape index (κ1) is 7.77. The molecule has 1 aliphatic carbocycles. The van der Waals surface area contributed by atoms with Crippen LogP contribution in [-0.2, 0) is 4.79 Å². The van der Waals surface area contributed by atoms with Crippen LogP contribution in [0.5, 0.6) is 0 Å². The Balaban J connectivity index is 2.80. The van der Waals surface area contributed by atoms with E-state index in [1.807, 2.05) is 0 Å². The third-order valence-electron chi connectivity index (χ3n) is 2.86. The van der Waals surface area contributed by atoms with E-state index >= 15 is 0 Å². The Morgan fingerprint density at radius 2 is 1.70 bits per heavy atom. The topological polar surface area (TPSA) is 17.1 Å². The zero-order chi connectivity index (χ0) is 7.99. The van der Waals surface area contributed by atoms with Crippen molar-refractivity contribution in [2.75, 3.05) is 0 Å². The molecule has 0 heterocycles. The summed E-state index contributed by atoms with van der Waals surface area (Å²) in [6, 6.07) is 0. The molecule has 1 saturated carbocycles. The SMILES string of the molecule is CC(=O)C1(C(C)(C)C)CC1. The van der Waals surface area contributed by atoms with Crippen molar-refractivity contribution in [3.63, 3.8) is 0 Å². The maximum absolute atomic E-state index is 11.2. The number of Topliss-reactive ketones (excluding diaryl/α,β-unsaturated/α-hetero) is 1. The van der Waals surface area contributed by atoms with Crippen molar-refractivity contribution >= 4 is 5.78 Å².